The highest BCUT2D eigenvalue weighted by Crippen LogP contribution is 2.40. The molecule has 0 saturated carbocycles. The summed E-state index contributed by atoms with van der Waals surface area (Å²) in [6, 6.07) is 0. The molecule has 2 nitrogen and oxygen atoms in total. The Bertz CT molecular complexity index is 223. The van der Waals surface area contributed by atoms with Crippen molar-refractivity contribution in [2.24, 2.45) is 5.41 Å². The van der Waals surface area contributed by atoms with Crippen molar-refractivity contribution in [1.29, 1.82) is 0 Å². The maximum Gasteiger partial charge on any atom is 0.0866 e. The van der Waals surface area contributed by atoms with Gasteiger partial charge in [-0.05, 0) is 16.9 Å². The number of hydrogen-bond acceptors (Lipinski definition) is 2. The minimum atomic E-state index is -1.75. The smallest absolute Gasteiger partial charge is 0.0866 e. The summed E-state index contributed by atoms with van der Waals surface area (Å²) in [5, 5.41) is 20.6. The lowest BCUT2D eigenvalue weighted by Crippen LogP contribution is -2.51. The van der Waals surface area contributed by atoms with Gasteiger partial charge in [-0.1, -0.05) is 54.6 Å². The van der Waals surface area contributed by atoms with Gasteiger partial charge in [0.15, 0.2) is 0 Å². The van der Waals surface area contributed by atoms with Crippen LogP contribution in [0.25, 0.3) is 0 Å². The lowest BCUT2D eigenvalue weighted by Gasteiger charge is -2.42. The molecule has 16 heavy (non-hydrogen) atoms. The average molecular weight is 246 g/mol. The van der Waals surface area contributed by atoms with Crippen LogP contribution in [0.3, 0.4) is 0 Å². The zero-order valence-electron chi connectivity index (χ0n) is 12.3. The summed E-state index contributed by atoms with van der Waals surface area (Å²) < 4.78 is 0. The fraction of sp³-hybridized carbons (Fsp3) is 1.00. The van der Waals surface area contributed by atoms with E-state index >= 15 is 0 Å². The molecule has 0 radical (unpaired) electrons. The van der Waals surface area contributed by atoms with Crippen LogP contribution in [0.1, 0.15) is 48.0 Å². The Morgan fingerprint density at radius 2 is 1.31 bits per heavy atom. The fourth-order valence-corrected chi connectivity index (χ4v) is 3.17. The van der Waals surface area contributed by atoms with Crippen LogP contribution in [0.2, 0.25) is 18.1 Å². The van der Waals surface area contributed by atoms with Crippen molar-refractivity contribution in [3.63, 3.8) is 0 Å². The van der Waals surface area contributed by atoms with Crippen LogP contribution in [0.15, 0.2) is 0 Å². The van der Waals surface area contributed by atoms with Crippen LogP contribution in [0.5, 0.6) is 0 Å². The molecule has 0 aromatic heterocycles. The largest absolute Gasteiger partial charge is 0.396 e. The molecule has 0 amide bonds. The normalized spacial score (nSPS) is 18.4. The van der Waals surface area contributed by atoms with Crippen molar-refractivity contribution < 1.29 is 10.2 Å². The Morgan fingerprint density at radius 1 is 0.938 bits per heavy atom. The van der Waals surface area contributed by atoms with Gasteiger partial charge in [0.1, 0.15) is 0 Å². The summed E-state index contributed by atoms with van der Waals surface area (Å²) >= 11 is 0. The summed E-state index contributed by atoms with van der Waals surface area (Å²) in [5.74, 6) is 0. The first-order valence-electron chi connectivity index (χ1n) is 6.16. The molecule has 2 unspecified atom stereocenters. The van der Waals surface area contributed by atoms with E-state index in [2.05, 4.69) is 33.9 Å². The topological polar surface area (TPSA) is 40.5 Å². The quantitative estimate of drug-likeness (QED) is 0.751. The van der Waals surface area contributed by atoms with Crippen molar-refractivity contribution in [3.05, 3.63) is 0 Å². The first-order chi connectivity index (χ1) is 6.80. The number of aliphatic hydroxyl groups excluding tert-OH is 2. The zero-order chi connectivity index (χ0) is 13.4. The van der Waals surface area contributed by atoms with Gasteiger partial charge in [-0.3, -0.25) is 0 Å². The molecule has 0 rings (SSSR count). The van der Waals surface area contributed by atoms with Crippen LogP contribution in [0.4, 0.5) is 0 Å². The minimum absolute atomic E-state index is 0.149. The van der Waals surface area contributed by atoms with Crippen LogP contribution < -0.4 is 0 Å². The summed E-state index contributed by atoms with van der Waals surface area (Å²) in [4.78, 5) is 0. The lowest BCUT2D eigenvalue weighted by atomic mass is 9.87. The fourth-order valence-electron chi connectivity index (χ4n) is 1.36. The van der Waals surface area contributed by atoms with Gasteiger partial charge in [0.05, 0.1) is 14.2 Å². The van der Waals surface area contributed by atoms with E-state index in [0.717, 1.165) is 0 Å². The standard InChI is InChI=1S/C13H30O2Si/c1-12(2,3)10(14)9-11(15)16(7,8)13(4,5)6/h10-11,14-15H,9H2,1-8H3. The molecule has 0 aliphatic carbocycles. The summed E-state index contributed by atoms with van der Waals surface area (Å²) in [5.41, 5.74) is -0.495. The number of hydrogen-bond donors (Lipinski definition) is 2. The van der Waals surface area contributed by atoms with Crippen molar-refractivity contribution in [3.8, 4) is 0 Å². The molecule has 0 fully saturated rings. The van der Waals surface area contributed by atoms with Crippen LogP contribution in [0, 0.1) is 5.41 Å². The van der Waals surface area contributed by atoms with Crippen LogP contribution in [-0.4, -0.2) is 30.1 Å². The van der Waals surface area contributed by atoms with E-state index in [-0.39, 0.29) is 16.2 Å². The van der Waals surface area contributed by atoms with Crippen molar-refractivity contribution >= 4 is 8.07 Å². The van der Waals surface area contributed by atoms with E-state index in [1.807, 2.05) is 20.8 Å². The highest BCUT2D eigenvalue weighted by atomic mass is 28.3. The molecular weight excluding hydrogens is 216 g/mol. The molecule has 0 heterocycles. The second kappa shape index (κ2) is 4.79. The molecule has 0 aromatic carbocycles. The van der Waals surface area contributed by atoms with Gasteiger partial charge in [0.2, 0.25) is 0 Å². The minimum Gasteiger partial charge on any atom is -0.396 e. The van der Waals surface area contributed by atoms with Crippen molar-refractivity contribution in [1.82, 2.24) is 0 Å². The SMILES string of the molecule is CC(C)(C)C(O)CC(O)[Si](C)(C)C(C)(C)C. The molecule has 0 spiro atoms. The van der Waals surface area contributed by atoms with E-state index < -0.39 is 14.2 Å². The molecule has 3 heteroatoms. The Labute approximate surface area is 102 Å². The molecule has 0 saturated heterocycles. The molecular formula is C13H30O2Si. The van der Waals surface area contributed by atoms with Crippen LogP contribution >= 0.6 is 0 Å². The van der Waals surface area contributed by atoms with E-state index in [4.69, 9.17) is 0 Å². The zero-order valence-corrected chi connectivity index (χ0v) is 13.3. The maximum atomic E-state index is 10.3. The van der Waals surface area contributed by atoms with Crippen molar-refractivity contribution in [2.45, 2.75) is 77.9 Å². The average Bonchev–Trinajstić information content (AvgIpc) is 1.99. The second-order valence-electron chi connectivity index (χ2n) is 7.61. The van der Waals surface area contributed by atoms with Gasteiger partial charge in [0.25, 0.3) is 0 Å². The second-order valence-corrected chi connectivity index (χ2v) is 13.2. The molecule has 2 N–H and O–H groups in total. The monoisotopic (exact) mass is 246 g/mol. The van der Waals surface area contributed by atoms with Gasteiger partial charge in [-0.2, -0.15) is 0 Å². The van der Waals surface area contributed by atoms with E-state index in [1.54, 1.807) is 0 Å². The third kappa shape index (κ3) is 3.86. The van der Waals surface area contributed by atoms with Gasteiger partial charge in [-0.25, -0.2) is 0 Å². The third-order valence-corrected chi connectivity index (χ3v) is 9.98. The first kappa shape index (κ1) is 16.1. The maximum absolute atomic E-state index is 10.3. The number of rotatable bonds is 3. The summed E-state index contributed by atoms with van der Waals surface area (Å²) in [7, 11) is -1.75. The van der Waals surface area contributed by atoms with Gasteiger partial charge in [0, 0.05) is 5.73 Å². The molecule has 0 bridgehead atoms. The molecule has 0 aromatic rings. The van der Waals surface area contributed by atoms with E-state index in [0.29, 0.717) is 6.42 Å². The molecule has 98 valence electrons. The van der Waals surface area contributed by atoms with E-state index in [9.17, 15) is 10.2 Å². The summed E-state index contributed by atoms with van der Waals surface area (Å²) in [6.45, 7) is 17.0. The van der Waals surface area contributed by atoms with E-state index in [1.165, 1.54) is 0 Å². The molecule has 0 aliphatic heterocycles. The molecule has 0 aliphatic rings. The summed E-state index contributed by atoms with van der Waals surface area (Å²) in [6.07, 6.45) is 0.0663. The van der Waals surface area contributed by atoms with Gasteiger partial charge >= 0.3 is 0 Å². The Hall–Kier alpha value is 0.137. The molecule has 2 atom stereocenters. The Kier molecular flexibility index (Phi) is 4.83. The first-order valence-corrected chi connectivity index (χ1v) is 9.24. The highest BCUT2D eigenvalue weighted by molar-refractivity contribution is 6.81. The third-order valence-electron chi connectivity index (χ3n) is 4.21. The van der Waals surface area contributed by atoms with Crippen LogP contribution in [-0.2, 0) is 0 Å². The predicted molar refractivity (Wildman–Crippen MR) is 73.3 cm³/mol. The Morgan fingerprint density at radius 3 is 1.56 bits per heavy atom. The van der Waals surface area contributed by atoms with Gasteiger partial charge in [-0.15, -0.1) is 0 Å². The lowest BCUT2D eigenvalue weighted by molar-refractivity contribution is 0.0295. The van der Waals surface area contributed by atoms with Crippen molar-refractivity contribution in [2.75, 3.05) is 0 Å². The number of aliphatic hydroxyl groups is 2. The highest BCUT2D eigenvalue weighted by Gasteiger charge is 2.43. The van der Waals surface area contributed by atoms with Gasteiger partial charge < -0.3 is 10.2 Å². The Balaban J connectivity index is 4.66. The predicted octanol–water partition coefficient (Wildman–Crippen LogP) is 3.19.